The molecule has 0 saturated heterocycles. The molecule has 0 fully saturated rings. The minimum atomic E-state index is 0.746. The molecule has 0 aliphatic heterocycles. The lowest BCUT2D eigenvalue weighted by atomic mass is 10.0. The van der Waals surface area contributed by atoms with Gasteiger partial charge in [-0.1, -0.05) is 66.2 Å². The number of fused-ring (bicyclic) bond motifs is 1. The van der Waals surface area contributed by atoms with Crippen LogP contribution in [0.5, 0.6) is 0 Å². The van der Waals surface area contributed by atoms with E-state index >= 15 is 0 Å². The topological polar surface area (TPSA) is 27.8 Å². The Hall–Kier alpha value is -2.68. The van der Waals surface area contributed by atoms with Gasteiger partial charge in [-0.3, -0.25) is 0 Å². The number of hydrogen-bond donors (Lipinski definition) is 2. The zero-order valence-electron chi connectivity index (χ0n) is 15.3. The molecule has 4 rings (SSSR count). The van der Waals surface area contributed by atoms with Crippen molar-refractivity contribution in [1.82, 2.24) is 10.3 Å². The van der Waals surface area contributed by atoms with Gasteiger partial charge in [0.25, 0.3) is 0 Å². The molecule has 0 saturated carbocycles. The summed E-state index contributed by atoms with van der Waals surface area (Å²) < 4.78 is 0. The largest absolute Gasteiger partial charge is 0.385 e. The quantitative estimate of drug-likeness (QED) is 0.356. The summed E-state index contributed by atoms with van der Waals surface area (Å²) >= 11 is 12.5. The Bertz CT molecular complexity index is 1140. The van der Waals surface area contributed by atoms with Gasteiger partial charge in [0, 0.05) is 45.0 Å². The van der Waals surface area contributed by atoms with Crippen LogP contribution in [0.1, 0.15) is 11.1 Å². The molecular formula is C24H20Cl2N2. The molecule has 4 aromatic rings. The van der Waals surface area contributed by atoms with E-state index in [2.05, 4.69) is 35.1 Å². The van der Waals surface area contributed by atoms with E-state index in [4.69, 9.17) is 23.2 Å². The average Bonchev–Trinajstić information content (AvgIpc) is 3.10. The summed E-state index contributed by atoms with van der Waals surface area (Å²) in [6.45, 7) is 4.99. The van der Waals surface area contributed by atoms with Crippen molar-refractivity contribution in [3.05, 3.63) is 101 Å². The highest BCUT2D eigenvalue weighted by Crippen LogP contribution is 2.29. The van der Waals surface area contributed by atoms with Gasteiger partial charge >= 0.3 is 0 Å². The summed E-state index contributed by atoms with van der Waals surface area (Å²) in [4.78, 5) is 3.29. The van der Waals surface area contributed by atoms with Crippen molar-refractivity contribution < 1.29 is 0 Å². The summed E-state index contributed by atoms with van der Waals surface area (Å²) in [5.74, 6) is 0. The molecule has 0 amide bonds. The normalized spacial score (nSPS) is 10.9. The van der Waals surface area contributed by atoms with Crippen LogP contribution in [-0.2, 0) is 6.42 Å². The van der Waals surface area contributed by atoms with Gasteiger partial charge in [-0.2, -0.15) is 0 Å². The number of aromatic nitrogens is 1. The highest BCUT2D eigenvalue weighted by molar-refractivity contribution is 6.33. The number of hydrogen-bond acceptors (Lipinski definition) is 1. The Morgan fingerprint density at radius 1 is 0.964 bits per heavy atom. The Labute approximate surface area is 174 Å². The smallest absolute Gasteiger partial charge is 0.0484 e. The van der Waals surface area contributed by atoms with Gasteiger partial charge in [0.05, 0.1) is 0 Å². The average molecular weight is 407 g/mol. The third kappa shape index (κ3) is 3.94. The standard InChI is InChI=1S/C24H20Cl2N2/c1-16(17-5-4-6-18(13-17)21-7-2-3-8-23(21)26)27-12-11-19-15-28-24-10-9-20(25)14-22(19)24/h2-10,13-15,27-28H,1,11-12H2. The summed E-state index contributed by atoms with van der Waals surface area (Å²) in [7, 11) is 0. The molecule has 0 aliphatic carbocycles. The Morgan fingerprint density at radius 3 is 2.68 bits per heavy atom. The molecule has 0 spiro atoms. The predicted molar refractivity (Wildman–Crippen MR) is 121 cm³/mol. The predicted octanol–water partition coefficient (Wildman–Crippen LogP) is 6.94. The van der Waals surface area contributed by atoms with E-state index in [9.17, 15) is 0 Å². The molecule has 1 aromatic heterocycles. The summed E-state index contributed by atoms with van der Waals surface area (Å²) in [6, 6.07) is 22.0. The number of halogens is 2. The zero-order chi connectivity index (χ0) is 19.5. The fourth-order valence-corrected chi connectivity index (χ4v) is 3.79. The molecule has 0 bridgehead atoms. The molecule has 0 atom stereocenters. The first kappa shape index (κ1) is 18.7. The van der Waals surface area contributed by atoms with Crippen molar-refractivity contribution in [3.63, 3.8) is 0 Å². The van der Waals surface area contributed by atoms with Crippen LogP contribution in [0.15, 0.2) is 79.5 Å². The van der Waals surface area contributed by atoms with Gasteiger partial charge in [-0.05, 0) is 53.4 Å². The van der Waals surface area contributed by atoms with Gasteiger partial charge in [-0.15, -0.1) is 0 Å². The minimum Gasteiger partial charge on any atom is -0.385 e. The fourth-order valence-electron chi connectivity index (χ4n) is 3.38. The maximum atomic E-state index is 6.34. The summed E-state index contributed by atoms with van der Waals surface area (Å²) in [6.07, 6.45) is 2.92. The molecule has 0 unspecified atom stereocenters. The SMILES string of the molecule is C=C(NCCc1c[nH]c2ccc(Cl)cc12)c1cccc(-c2ccccc2Cl)c1. The maximum absolute atomic E-state index is 6.34. The molecular weight excluding hydrogens is 387 g/mol. The van der Waals surface area contributed by atoms with E-state index in [0.717, 1.165) is 50.9 Å². The molecule has 1 heterocycles. The monoisotopic (exact) mass is 406 g/mol. The lowest BCUT2D eigenvalue weighted by molar-refractivity contribution is 0.853. The first-order valence-corrected chi connectivity index (χ1v) is 9.91. The van der Waals surface area contributed by atoms with Crippen molar-refractivity contribution in [2.75, 3.05) is 6.54 Å². The number of aromatic amines is 1. The second kappa shape index (κ2) is 8.14. The summed E-state index contributed by atoms with van der Waals surface area (Å²) in [5, 5.41) is 6.10. The maximum Gasteiger partial charge on any atom is 0.0484 e. The Kier molecular flexibility index (Phi) is 5.43. The fraction of sp³-hybridized carbons (Fsp3) is 0.0833. The van der Waals surface area contributed by atoms with Crippen LogP contribution in [-0.4, -0.2) is 11.5 Å². The van der Waals surface area contributed by atoms with Crippen LogP contribution in [0.25, 0.3) is 27.7 Å². The van der Waals surface area contributed by atoms with Crippen molar-refractivity contribution in [1.29, 1.82) is 0 Å². The van der Waals surface area contributed by atoms with E-state index in [1.807, 2.05) is 54.7 Å². The lowest BCUT2D eigenvalue weighted by Gasteiger charge is -2.12. The van der Waals surface area contributed by atoms with Crippen LogP contribution in [0.4, 0.5) is 0 Å². The van der Waals surface area contributed by atoms with Crippen molar-refractivity contribution >= 4 is 39.8 Å². The van der Waals surface area contributed by atoms with Gasteiger partial charge < -0.3 is 10.3 Å². The van der Waals surface area contributed by atoms with Crippen molar-refractivity contribution in [2.45, 2.75) is 6.42 Å². The molecule has 140 valence electrons. The van der Waals surface area contributed by atoms with Crippen LogP contribution in [0, 0.1) is 0 Å². The van der Waals surface area contributed by atoms with Gasteiger partial charge in [0.1, 0.15) is 0 Å². The Balaban J connectivity index is 1.45. The number of rotatable bonds is 6. The van der Waals surface area contributed by atoms with E-state index in [0.29, 0.717) is 0 Å². The van der Waals surface area contributed by atoms with Crippen LogP contribution < -0.4 is 5.32 Å². The zero-order valence-corrected chi connectivity index (χ0v) is 16.8. The van der Waals surface area contributed by atoms with Gasteiger partial charge in [0.2, 0.25) is 0 Å². The molecule has 28 heavy (non-hydrogen) atoms. The highest BCUT2D eigenvalue weighted by Gasteiger charge is 2.07. The van der Waals surface area contributed by atoms with Crippen LogP contribution >= 0.6 is 23.2 Å². The highest BCUT2D eigenvalue weighted by atomic mass is 35.5. The molecule has 4 heteroatoms. The molecule has 0 radical (unpaired) electrons. The van der Waals surface area contributed by atoms with Gasteiger partial charge in [0.15, 0.2) is 0 Å². The first-order valence-electron chi connectivity index (χ1n) is 9.15. The molecule has 2 N–H and O–H groups in total. The molecule has 0 aliphatic rings. The second-order valence-corrected chi connectivity index (χ2v) is 7.56. The third-order valence-electron chi connectivity index (χ3n) is 4.86. The second-order valence-electron chi connectivity index (χ2n) is 6.72. The number of benzene rings is 3. The Morgan fingerprint density at radius 2 is 1.82 bits per heavy atom. The number of nitrogens with one attached hydrogen (secondary N) is 2. The van der Waals surface area contributed by atoms with Crippen molar-refractivity contribution in [3.8, 4) is 11.1 Å². The van der Waals surface area contributed by atoms with E-state index in [1.54, 1.807) is 0 Å². The van der Waals surface area contributed by atoms with E-state index in [1.165, 1.54) is 10.9 Å². The minimum absolute atomic E-state index is 0.746. The van der Waals surface area contributed by atoms with Crippen LogP contribution in [0.2, 0.25) is 10.0 Å². The molecule has 3 aromatic carbocycles. The summed E-state index contributed by atoms with van der Waals surface area (Å²) in [5.41, 5.74) is 6.39. The number of H-pyrrole nitrogens is 1. The van der Waals surface area contributed by atoms with E-state index < -0.39 is 0 Å². The van der Waals surface area contributed by atoms with Crippen LogP contribution in [0.3, 0.4) is 0 Å². The first-order chi connectivity index (χ1) is 13.6. The van der Waals surface area contributed by atoms with Gasteiger partial charge in [-0.25, -0.2) is 0 Å². The third-order valence-corrected chi connectivity index (χ3v) is 5.42. The van der Waals surface area contributed by atoms with Crippen molar-refractivity contribution in [2.24, 2.45) is 0 Å². The van der Waals surface area contributed by atoms with E-state index in [-0.39, 0.29) is 0 Å². The molecule has 2 nitrogen and oxygen atoms in total. The lowest BCUT2D eigenvalue weighted by Crippen LogP contribution is -2.15.